The molecule has 0 unspecified atom stereocenters. The highest BCUT2D eigenvalue weighted by Crippen LogP contribution is 2.36. The van der Waals surface area contributed by atoms with Crippen molar-refractivity contribution < 1.29 is 4.92 Å². The third-order valence-electron chi connectivity index (χ3n) is 1.42. The molecule has 1 aromatic rings. The predicted octanol–water partition coefficient (Wildman–Crippen LogP) is 2.70. The van der Waals surface area contributed by atoms with E-state index in [-0.39, 0.29) is 17.1 Å². The van der Waals surface area contributed by atoms with Crippen LogP contribution in [-0.2, 0) is 0 Å². The monoisotopic (exact) mass is 173 g/mol. The Balaban J connectivity index is 3.49. The largest absolute Gasteiger partial charge is 0.270 e. The number of nitro benzene ring substituents is 1. The molecule has 0 bridgehead atoms. The van der Waals surface area contributed by atoms with Gasteiger partial charge in [-0.1, -0.05) is 12.1 Å². The first-order chi connectivity index (χ1) is 6.20. The van der Waals surface area contributed by atoms with Gasteiger partial charge in [-0.25, -0.2) is 9.69 Å². The second-order valence-corrected chi connectivity index (χ2v) is 2.13. The van der Waals surface area contributed by atoms with Crippen LogP contribution in [0.25, 0.3) is 9.69 Å². The molecule has 0 spiro atoms. The Labute approximate surface area is 74.0 Å². The van der Waals surface area contributed by atoms with Crippen molar-refractivity contribution in [1.82, 2.24) is 0 Å². The van der Waals surface area contributed by atoms with E-state index in [9.17, 15) is 10.1 Å². The van der Waals surface area contributed by atoms with E-state index < -0.39 is 4.92 Å². The van der Waals surface area contributed by atoms with Gasteiger partial charge in [0.15, 0.2) is 0 Å². The van der Waals surface area contributed by atoms with Crippen LogP contribution in [0.1, 0.15) is 0 Å². The molecule has 0 heterocycles. The maximum Gasteiger partial charge on any atom is 0.270 e. The zero-order valence-corrected chi connectivity index (χ0v) is 6.39. The summed E-state index contributed by atoms with van der Waals surface area (Å²) >= 11 is 0. The lowest BCUT2D eigenvalue weighted by Crippen LogP contribution is -1.86. The van der Waals surface area contributed by atoms with E-state index in [4.69, 9.17) is 13.1 Å². The van der Waals surface area contributed by atoms with Gasteiger partial charge in [0, 0.05) is 11.0 Å². The van der Waals surface area contributed by atoms with Crippen LogP contribution >= 0.6 is 0 Å². The second kappa shape index (κ2) is 3.33. The van der Waals surface area contributed by atoms with Crippen LogP contribution in [0.4, 0.5) is 17.1 Å². The van der Waals surface area contributed by atoms with Gasteiger partial charge in [0.1, 0.15) is 0 Å². The van der Waals surface area contributed by atoms with E-state index in [0.717, 1.165) is 0 Å². The summed E-state index contributed by atoms with van der Waals surface area (Å²) in [5.74, 6) is 0. The Hall–Kier alpha value is -2.40. The van der Waals surface area contributed by atoms with Crippen molar-refractivity contribution in [3.05, 3.63) is 51.1 Å². The lowest BCUT2D eigenvalue weighted by molar-refractivity contribution is -0.383. The number of hydrogen-bond acceptors (Lipinski definition) is 2. The zero-order chi connectivity index (χ0) is 9.84. The molecule has 0 N–H and O–H groups in total. The number of hydrogen-bond donors (Lipinski definition) is 0. The summed E-state index contributed by atoms with van der Waals surface area (Å²) in [4.78, 5) is 15.7. The van der Waals surface area contributed by atoms with Crippen molar-refractivity contribution in [2.24, 2.45) is 0 Å². The molecule has 0 atom stereocenters. The van der Waals surface area contributed by atoms with E-state index in [0.29, 0.717) is 0 Å². The molecule has 5 heteroatoms. The molecular weight excluding hydrogens is 170 g/mol. The molecule has 62 valence electrons. The van der Waals surface area contributed by atoms with Gasteiger partial charge < -0.3 is 0 Å². The Bertz CT molecular complexity index is 440. The minimum absolute atomic E-state index is 0.0178. The molecule has 0 aromatic heterocycles. The van der Waals surface area contributed by atoms with Gasteiger partial charge >= 0.3 is 0 Å². The number of nitro groups is 1. The van der Waals surface area contributed by atoms with Crippen LogP contribution in [0, 0.1) is 23.3 Å². The van der Waals surface area contributed by atoms with Crippen LogP contribution in [0.5, 0.6) is 0 Å². The molecule has 0 radical (unpaired) electrons. The minimum atomic E-state index is -0.665. The first kappa shape index (κ1) is 8.69. The second-order valence-electron chi connectivity index (χ2n) is 2.13. The van der Waals surface area contributed by atoms with Gasteiger partial charge in [0.05, 0.1) is 13.1 Å². The Morgan fingerprint density at radius 3 is 2.46 bits per heavy atom. The first-order valence-electron chi connectivity index (χ1n) is 3.23. The number of nitrogens with zero attached hydrogens (tertiary/aromatic N) is 3. The zero-order valence-electron chi connectivity index (χ0n) is 6.39. The van der Waals surface area contributed by atoms with Crippen molar-refractivity contribution >= 4 is 17.1 Å². The molecule has 5 nitrogen and oxygen atoms in total. The maximum atomic E-state index is 10.4. The Kier molecular flexibility index (Phi) is 2.23. The van der Waals surface area contributed by atoms with Crippen LogP contribution in [-0.4, -0.2) is 4.92 Å². The molecule has 0 aliphatic rings. The molecule has 0 aliphatic heterocycles. The molecule has 0 aliphatic carbocycles. The summed E-state index contributed by atoms with van der Waals surface area (Å²) in [7, 11) is 0. The Morgan fingerprint density at radius 2 is 2.00 bits per heavy atom. The fraction of sp³-hybridized carbons (Fsp3) is 0. The van der Waals surface area contributed by atoms with Crippen LogP contribution in [0.3, 0.4) is 0 Å². The third kappa shape index (κ3) is 1.44. The molecular formula is C8H3N3O2. The summed E-state index contributed by atoms with van der Waals surface area (Å²) in [5.41, 5.74) is -0.491. The fourth-order valence-electron chi connectivity index (χ4n) is 0.872. The van der Waals surface area contributed by atoms with E-state index in [2.05, 4.69) is 9.69 Å². The predicted molar refractivity (Wildman–Crippen MR) is 45.6 cm³/mol. The average molecular weight is 173 g/mol. The number of benzene rings is 1. The molecule has 0 saturated carbocycles. The Morgan fingerprint density at radius 1 is 1.31 bits per heavy atom. The highest BCUT2D eigenvalue weighted by Gasteiger charge is 2.16. The van der Waals surface area contributed by atoms with Crippen molar-refractivity contribution in [2.45, 2.75) is 0 Å². The number of rotatable bonds is 1. The molecule has 1 aromatic carbocycles. The smallest absolute Gasteiger partial charge is 0.260 e. The summed E-state index contributed by atoms with van der Waals surface area (Å²) in [6.07, 6.45) is 0. The van der Waals surface area contributed by atoms with Gasteiger partial charge in [-0.2, -0.15) is 0 Å². The maximum absolute atomic E-state index is 10.4. The lowest BCUT2D eigenvalue weighted by Gasteiger charge is -1.95. The SMILES string of the molecule is [C-]#[N+]c1cccc([N+](=O)[O-])c1[N+]#[C-]. The van der Waals surface area contributed by atoms with Crippen molar-refractivity contribution in [3.63, 3.8) is 0 Å². The van der Waals surface area contributed by atoms with E-state index in [1.165, 1.54) is 18.2 Å². The summed E-state index contributed by atoms with van der Waals surface area (Å²) in [6.45, 7) is 13.4. The molecule has 0 fully saturated rings. The molecule has 0 amide bonds. The van der Waals surface area contributed by atoms with Gasteiger partial charge in [-0.15, -0.1) is 0 Å². The lowest BCUT2D eigenvalue weighted by atomic mass is 10.2. The van der Waals surface area contributed by atoms with E-state index in [1.807, 2.05) is 0 Å². The van der Waals surface area contributed by atoms with Crippen LogP contribution in [0.15, 0.2) is 18.2 Å². The highest BCUT2D eigenvalue weighted by molar-refractivity contribution is 5.79. The van der Waals surface area contributed by atoms with Crippen molar-refractivity contribution in [3.8, 4) is 0 Å². The number of para-hydroxylation sites is 1. The molecule has 13 heavy (non-hydrogen) atoms. The van der Waals surface area contributed by atoms with Gasteiger partial charge in [-0.05, 0) is 0 Å². The summed E-state index contributed by atoms with van der Waals surface area (Å²) in [5, 5.41) is 10.4. The topological polar surface area (TPSA) is 51.9 Å². The van der Waals surface area contributed by atoms with Crippen molar-refractivity contribution in [2.75, 3.05) is 0 Å². The van der Waals surface area contributed by atoms with Crippen LogP contribution < -0.4 is 0 Å². The highest BCUT2D eigenvalue weighted by atomic mass is 16.6. The van der Waals surface area contributed by atoms with Gasteiger partial charge in [-0.3, -0.25) is 10.1 Å². The van der Waals surface area contributed by atoms with E-state index in [1.54, 1.807) is 0 Å². The molecule has 1 rings (SSSR count). The van der Waals surface area contributed by atoms with Gasteiger partial charge in [0.25, 0.3) is 11.4 Å². The standard InChI is InChI=1S/C8H3N3O2/c1-9-6-4-3-5-7(11(12)13)8(6)10-2/h3-5H. The van der Waals surface area contributed by atoms with Crippen LogP contribution in [0.2, 0.25) is 0 Å². The summed E-state index contributed by atoms with van der Waals surface area (Å²) in [6, 6.07) is 3.98. The first-order valence-corrected chi connectivity index (χ1v) is 3.23. The quantitative estimate of drug-likeness (QED) is 0.372. The van der Waals surface area contributed by atoms with E-state index >= 15 is 0 Å². The normalized spacial score (nSPS) is 8.46. The third-order valence-corrected chi connectivity index (χ3v) is 1.42. The van der Waals surface area contributed by atoms with Gasteiger partial charge in [0.2, 0.25) is 5.69 Å². The fourth-order valence-corrected chi connectivity index (χ4v) is 0.872. The van der Waals surface area contributed by atoms with Crippen molar-refractivity contribution in [1.29, 1.82) is 0 Å². The average Bonchev–Trinajstić information content (AvgIpc) is 2.16. The summed E-state index contributed by atoms with van der Waals surface area (Å²) < 4.78 is 0. The molecule has 0 saturated heterocycles. The minimum Gasteiger partial charge on any atom is -0.260 e.